The molecule has 0 spiro atoms. The van der Waals surface area contributed by atoms with Gasteiger partial charge < -0.3 is 10.6 Å². The monoisotopic (exact) mass is 294 g/mol. The van der Waals surface area contributed by atoms with Crippen LogP contribution in [0.3, 0.4) is 0 Å². The number of hydrogen-bond donors (Lipinski definition) is 2. The van der Waals surface area contributed by atoms with Gasteiger partial charge in [-0.05, 0) is 12.5 Å². The molecule has 1 aromatic heterocycles. The van der Waals surface area contributed by atoms with Crippen molar-refractivity contribution in [3.63, 3.8) is 0 Å². The van der Waals surface area contributed by atoms with Gasteiger partial charge in [0.05, 0.1) is 5.02 Å². The van der Waals surface area contributed by atoms with Crippen LogP contribution in [0.1, 0.15) is 11.3 Å². The second-order valence-electron chi connectivity index (χ2n) is 4.06. The summed E-state index contributed by atoms with van der Waals surface area (Å²) in [4.78, 5) is 12.7. The fourth-order valence-electron chi connectivity index (χ4n) is 1.56. The Bertz CT molecular complexity index is 366. The first-order valence-corrected chi connectivity index (χ1v) is 6.70. The average Bonchev–Trinajstić information content (AvgIpc) is 2.59. The largest absolute Gasteiger partial charge is 0.356 e. The maximum Gasteiger partial charge on any atom is 0.220 e. The second-order valence-corrected chi connectivity index (χ2v) is 5.49. The van der Waals surface area contributed by atoms with E-state index in [0.29, 0.717) is 12.3 Å². The number of nitrogens with one attached hydrogen (secondary N) is 2. The first kappa shape index (κ1) is 14.8. The molecule has 2 rings (SSSR count). The molecule has 0 saturated carbocycles. The Labute approximate surface area is 116 Å². The number of amides is 1. The SMILES string of the molecule is Cl.O=C(CCc1cc(Cl)cs1)NCC1CNC1. The van der Waals surface area contributed by atoms with E-state index in [0.717, 1.165) is 31.1 Å². The smallest absolute Gasteiger partial charge is 0.220 e. The summed E-state index contributed by atoms with van der Waals surface area (Å²) in [7, 11) is 0. The lowest BCUT2D eigenvalue weighted by Gasteiger charge is -2.27. The Morgan fingerprint density at radius 2 is 2.35 bits per heavy atom. The van der Waals surface area contributed by atoms with E-state index in [9.17, 15) is 4.79 Å². The number of thiophene rings is 1. The molecule has 96 valence electrons. The molecule has 2 N–H and O–H groups in total. The molecule has 1 aromatic rings. The van der Waals surface area contributed by atoms with Crippen molar-refractivity contribution in [2.24, 2.45) is 5.92 Å². The van der Waals surface area contributed by atoms with Gasteiger partial charge in [0.25, 0.3) is 0 Å². The van der Waals surface area contributed by atoms with Crippen molar-refractivity contribution in [1.82, 2.24) is 10.6 Å². The highest BCUT2D eigenvalue weighted by Gasteiger charge is 2.16. The van der Waals surface area contributed by atoms with Crippen LogP contribution in [0.15, 0.2) is 11.4 Å². The Hall–Kier alpha value is -0.290. The molecule has 2 heterocycles. The lowest BCUT2D eigenvalue weighted by Crippen LogP contribution is -2.48. The van der Waals surface area contributed by atoms with E-state index in [-0.39, 0.29) is 18.3 Å². The van der Waals surface area contributed by atoms with Crippen LogP contribution in [0.25, 0.3) is 0 Å². The lowest BCUT2D eigenvalue weighted by atomic mass is 10.0. The molecule has 0 aromatic carbocycles. The van der Waals surface area contributed by atoms with Crippen molar-refractivity contribution in [3.8, 4) is 0 Å². The van der Waals surface area contributed by atoms with Crippen molar-refractivity contribution >= 4 is 41.3 Å². The maximum absolute atomic E-state index is 11.5. The van der Waals surface area contributed by atoms with Crippen LogP contribution < -0.4 is 10.6 Å². The van der Waals surface area contributed by atoms with E-state index in [1.807, 2.05) is 11.4 Å². The predicted octanol–water partition coefficient (Wildman–Crippen LogP) is 2.09. The van der Waals surface area contributed by atoms with Crippen LogP contribution in [0, 0.1) is 5.92 Å². The fourth-order valence-corrected chi connectivity index (χ4v) is 2.64. The molecule has 0 atom stereocenters. The normalized spacial score (nSPS) is 14.9. The summed E-state index contributed by atoms with van der Waals surface area (Å²) >= 11 is 7.42. The van der Waals surface area contributed by atoms with Crippen LogP contribution in [0.4, 0.5) is 0 Å². The topological polar surface area (TPSA) is 41.1 Å². The molecule has 1 aliphatic rings. The van der Waals surface area contributed by atoms with Crippen molar-refractivity contribution in [3.05, 3.63) is 21.3 Å². The van der Waals surface area contributed by atoms with Crippen molar-refractivity contribution < 1.29 is 4.79 Å². The van der Waals surface area contributed by atoms with E-state index in [1.165, 1.54) is 4.88 Å². The maximum atomic E-state index is 11.5. The minimum Gasteiger partial charge on any atom is -0.356 e. The summed E-state index contributed by atoms with van der Waals surface area (Å²) in [5, 5.41) is 8.80. The van der Waals surface area contributed by atoms with Gasteiger partial charge in [-0.2, -0.15) is 0 Å². The molecular weight excluding hydrogens is 279 g/mol. The minimum absolute atomic E-state index is 0. The molecular formula is C11H16Cl2N2OS. The van der Waals surface area contributed by atoms with Gasteiger partial charge >= 0.3 is 0 Å². The quantitative estimate of drug-likeness (QED) is 0.873. The standard InChI is InChI=1S/C11H15ClN2OS.ClH/c12-9-3-10(16-7-9)1-2-11(15)14-6-8-4-13-5-8;/h3,7-8,13H,1-2,4-6H2,(H,14,15);1H. The van der Waals surface area contributed by atoms with Crippen molar-refractivity contribution in [1.29, 1.82) is 0 Å². The molecule has 0 aliphatic carbocycles. The molecule has 1 saturated heterocycles. The fraction of sp³-hybridized carbons (Fsp3) is 0.545. The Morgan fingerprint density at radius 3 is 2.88 bits per heavy atom. The molecule has 1 amide bonds. The van der Waals surface area contributed by atoms with Crippen LogP contribution >= 0.6 is 35.3 Å². The van der Waals surface area contributed by atoms with Gasteiger partial charge in [0.2, 0.25) is 5.91 Å². The number of rotatable bonds is 5. The van der Waals surface area contributed by atoms with Gasteiger partial charge in [-0.25, -0.2) is 0 Å². The third-order valence-electron chi connectivity index (χ3n) is 2.67. The average molecular weight is 295 g/mol. The summed E-state index contributed by atoms with van der Waals surface area (Å²) < 4.78 is 0. The van der Waals surface area contributed by atoms with Crippen LogP contribution in [0.5, 0.6) is 0 Å². The van der Waals surface area contributed by atoms with Gasteiger partial charge in [0.1, 0.15) is 0 Å². The first-order chi connectivity index (χ1) is 7.74. The van der Waals surface area contributed by atoms with E-state index >= 15 is 0 Å². The highest BCUT2D eigenvalue weighted by molar-refractivity contribution is 7.10. The highest BCUT2D eigenvalue weighted by Crippen LogP contribution is 2.20. The molecule has 0 bridgehead atoms. The molecule has 1 fully saturated rings. The second kappa shape index (κ2) is 7.21. The number of carbonyl (C=O) groups excluding carboxylic acids is 1. The Balaban J connectivity index is 0.00000144. The summed E-state index contributed by atoms with van der Waals surface area (Å²) in [6.45, 7) is 2.86. The van der Waals surface area contributed by atoms with Crippen LogP contribution in [-0.4, -0.2) is 25.5 Å². The van der Waals surface area contributed by atoms with Gasteiger partial charge in [-0.3, -0.25) is 4.79 Å². The Kier molecular flexibility index (Phi) is 6.27. The molecule has 0 unspecified atom stereocenters. The summed E-state index contributed by atoms with van der Waals surface area (Å²) in [6.07, 6.45) is 1.34. The molecule has 6 heteroatoms. The number of halogens is 2. The van der Waals surface area contributed by atoms with Gasteiger partial charge in [0, 0.05) is 42.2 Å². The third kappa shape index (κ3) is 4.84. The summed E-state index contributed by atoms with van der Waals surface area (Å²) in [6, 6.07) is 1.93. The van der Waals surface area contributed by atoms with E-state index in [2.05, 4.69) is 10.6 Å². The van der Waals surface area contributed by atoms with Crippen molar-refractivity contribution in [2.45, 2.75) is 12.8 Å². The minimum atomic E-state index is 0. The van der Waals surface area contributed by atoms with E-state index < -0.39 is 0 Å². The number of hydrogen-bond acceptors (Lipinski definition) is 3. The van der Waals surface area contributed by atoms with E-state index in [4.69, 9.17) is 11.6 Å². The third-order valence-corrected chi connectivity index (χ3v) is 4.02. The molecule has 17 heavy (non-hydrogen) atoms. The lowest BCUT2D eigenvalue weighted by molar-refractivity contribution is -0.121. The summed E-state index contributed by atoms with van der Waals surface area (Å²) in [5.74, 6) is 0.761. The molecule has 1 aliphatic heterocycles. The number of carbonyl (C=O) groups is 1. The van der Waals surface area contributed by atoms with Crippen molar-refractivity contribution in [2.75, 3.05) is 19.6 Å². The summed E-state index contributed by atoms with van der Waals surface area (Å²) in [5.41, 5.74) is 0. The first-order valence-electron chi connectivity index (χ1n) is 5.44. The van der Waals surface area contributed by atoms with Crippen LogP contribution in [0.2, 0.25) is 5.02 Å². The zero-order valence-corrected chi connectivity index (χ0v) is 11.8. The molecule has 3 nitrogen and oxygen atoms in total. The predicted molar refractivity (Wildman–Crippen MR) is 74.3 cm³/mol. The van der Waals surface area contributed by atoms with Gasteiger partial charge in [0.15, 0.2) is 0 Å². The Morgan fingerprint density at radius 1 is 1.59 bits per heavy atom. The zero-order valence-electron chi connectivity index (χ0n) is 9.37. The highest BCUT2D eigenvalue weighted by atomic mass is 35.5. The number of aryl methyl sites for hydroxylation is 1. The molecule has 0 radical (unpaired) electrons. The van der Waals surface area contributed by atoms with Gasteiger partial charge in [-0.15, -0.1) is 23.7 Å². The van der Waals surface area contributed by atoms with Gasteiger partial charge in [-0.1, -0.05) is 11.6 Å². The van der Waals surface area contributed by atoms with Crippen LogP contribution in [-0.2, 0) is 11.2 Å². The zero-order chi connectivity index (χ0) is 11.4. The van der Waals surface area contributed by atoms with E-state index in [1.54, 1.807) is 11.3 Å².